The van der Waals surface area contributed by atoms with Gasteiger partial charge >= 0.3 is 6.09 Å². The molecule has 1 aliphatic rings. The summed E-state index contributed by atoms with van der Waals surface area (Å²) in [5, 5.41) is 10.1. The lowest BCUT2D eigenvalue weighted by Crippen LogP contribution is -2.34. The Hall–Kier alpha value is -2.03. The molecule has 152 valence electrons. The molecule has 2 aromatic rings. The summed E-state index contributed by atoms with van der Waals surface area (Å²) in [6, 6.07) is 14.5. The van der Waals surface area contributed by atoms with Crippen molar-refractivity contribution < 1.29 is 23.8 Å². The van der Waals surface area contributed by atoms with Crippen LogP contribution in [0.5, 0.6) is 0 Å². The lowest BCUT2D eigenvalue weighted by Gasteiger charge is -2.20. The zero-order valence-corrected chi connectivity index (χ0v) is 17.2. The summed E-state index contributed by atoms with van der Waals surface area (Å²) in [5.74, 6) is -0.691. The number of imide groups is 1. The summed E-state index contributed by atoms with van der Waals surface area (Å²) in [7, 11) is 0. The maximum absolute atomic E-state index is 12.9. The molecule has 5 nitrogen and oxygen atoms in total. The molecule has 0 aromatic heterocycles. The highest BCUT2D eigenvalue weighted by atomic mass is 32.1. The minimum absolute atomic E-state index is 0. The van der Waals surface area contributed by atoms with Gasteiger partial charge in [-0.1, -0.05) is 42.5 Å². The number of ether oxygens (including phenoxy) is 1. The average molecular weight is 426 g/mol. The molecule has 1 fully saturated rings. The first-order chi connectivity index (χ1) is 12.6. The highest BCUT2D eigenvalue weighted by Crippen LogP contribution is 2.29. The molecule has 3 rings (SSSR count). The highest BCUT2D eigenvalue weighted by Gasteiger charge is 2.38. The van der Waals surface area contributed by atoms with Gasteiger partial charge in [0.25, 0.3) is 0 Å². The second kappa shape index (κ2) is 11.1. The molecule has 2 aromatic carbocycles. The van der Waals surface area contributed by atoms with Crippen molar-refractivity contribution in [1.82, 2.24) is 4.90 Å². The number of carbonyl (C=O) groups is 2. The third-order valence-corrected chi connectivity index (χ3v) is 4.45. The Balaban J connectivity index is 0.00000196. The summed E-state index contributed by atoms with van der Waals surface area (Å²) in [6.45, 7) is 0.146. The van der Waals surface area contributed by atoms with Crippen LogP contribution in [0.1, 0.15) is 42.5 Å². The molecule has 1 aliphatic heterocycles. The smallest absolute Gasteiger partial charge is 0.417 e. The van der Waals surface area contributed by atoms with Crippen LogP contribution in [-0.4, -0.2) is 28.6 Å². The van der Waals surface area contributed by atoms with Crippen LogP contribution in [0.2, 0.25) is 0 Å². The second-order valence-corrected chi connectivity index (χ2v) is 6.23. The van der Waals surface area contributed by atoms with E-state index < -0.39 is 18.2 Å². The second-order valence-electron chi connectivity index (χ2n) is 6.23. The number of carbonyl (C=O) groups excluding carboxylic acids is 2. The van der Waals surface area contributed by atoms with Crippen molar-refractivity contribution >= 4 is 39.0 Å². The van der Waals surface area contributed by atoms with E-state index in [0.717, 1.165) is 10.5 Å². The van der Waals surface area contributed by atoms with Crippen molar-refractivity contribution in [1.29, 1.82) is 0 Å². The Morgan fingerprint density at radius 1 is 1.14 bits per heavy atom. The minimum atomic E-state index is -0.779. The number of aliphatic hydroxyl groups excluding tert-OH is 1. The van der Waals surface area contributed by atoms with Crippen LogP contribution in [0, 0.1) is 5.82 Å². The monoisotopic (exact) mass is 425 g/mol. The summed E-state index contributed by atoms with van der Waals surface area (Å²) < 4.78 is 18.0. The molecule has 2 amide bonds. The number of rotatable bonds is 6. The first-order valence-corrected chi connectivity index (χ1v) is 8.53. The molecule has 0 saturated carbocycles. The van der Waals surface area contributed by atoms with Crippen LogP contribution in [0.3, 0.4) is 0 Å². The van der Waals surface area contributed by atoms with Gasteiger partial charge in [0.2, 0.25) is 5.91 Å². The predicted molar refractivity (Wildman–Crippen MR) is 113 cm³/mol. The van der Waals surface area contributed by atoms with Crippen molar-refractivity contribution in [3.63, 3.8) is 0 Å². The molecule has 0 unspecified atom stereocenters. The molecule has 1 heterocycles. The summed E-state index contributed by atoms with van der Waals surface area (Å²) in [6.07, 6.45) is -0.544. The van der Waals surface area contributed by atoms with E-state index in [0.29, 0.717) is 18.4 Å². The van der Waals surface area contributed by atoms with Crippen LogP contribution in [0.15, 0.2) is 54.6 Å². The summed E-state index contributed by atoms with van der Waals surface area (Å²) in [4.78, 5) is 25.6. The van der Waals surface area contributed by atoms with Crippen LogP contribution in [0.25, 0.3) is 0 Å². The van der Waals surface area contributed by atoms with Crippen molar-refractivity contribution in [3.05, 3.63) is 71.5 Å². The van der Waals surface area contributed by atoms with Crippen molar-refractivity contribution in [2.45, 2.75) is 31.4 Å². The number of hydrogen-bond acceptors (Lipinski definition) is 4. The molecular weight excluding hydrogens is 401 g/mol. The SMILES string of the molecule is O=C(CCC[C@H](O)c1ccc(F)cc1)N1C(=O)OC[C@@H]1c1ccccc1.S.S. The van der Waals surface area contributed by atoms with Crippen LogP contribution < -0.4 is 0 Å². The quantitative estimate of drug-likeness (QED) is 0.760. The van der Waals surface area contributed by atoms with Crippen molar-refractivity contribution in [2.75, 3.05) is 6.61 Å². The number of halogens is 1. The Kier molecular flexibility index (Phi) is 9.51. The number of amides is 2. The standard InChI is InChI=1S/C20H20FNO4.2H2S/c21-16-11-9-15(10-12-16)18(23)7-4-8-19(24)22-17(13-26-20(22)25)14-5-2-1-3-6-14;;/h1-3,5-6,9-12,17-18,23H,4,7-8,13H2;2*1H2/t17-,18+;;/m1../s1. The molecule has 1 saturated heterocycles. The maximum atomic E-state index is 12.9. The van der Waals surface area contributed by atoms with E-state index in [1.54, 1.807) is 0 Å². The summed E-state index contributed by atoms with van der Waals surface area (Å²) in [5.41, 5.74) is 1.44. The van der Waals surface area contributed by atoms with E-state index in [-0.39, 0.29) is 51.7 Å². The zero-order chi connectivity index (χ0) is 18.5. The fraction of sp³-hybridized carbons (Fsp3) is 0.300. The molecule has 0 radical (unpaired) electrons. The number of nitrogens with zero attached hydrogens (tertiary/aromatic N) is 1. The van der Waals surface area contributed by atoms with E-state index in [4.69, 9.17) is 4.74 Å². The van der Waals surface area contributed by atoms with E-state index in [9.17, 15) is 19.1 Å². The molecule has 0 bridgehead atoms. The van der Waals surface area contributed by atoms with E-state index in [1.165, 1.54) is 24.3 Å². The van der Waals surface area contributed by atoms with Gasteiger partial charge in [0.15, 0.2) is 0 Å². The molecule has 8 heteroatoms. The minimum Gasteiger partial charge on any atom is -0.446 e. The van der Waals surface area contributed by atoms with Crippen molar-refractivity contribution in [3.8, 4) is 0 Å². The van der Waals surface area contributed by atoms with Gasteiger partial charge in [0.1, 0.15) is 18.5 Å². The topological polar surface area (TPSA) is 66.8 Å². The van der Waals surface area contributed by atoms with E-state index in [2.05, 4.69) is 0 Å². The largest absolute Gasteiger partial charge is 0.446 e. The first kappa shape index (κ1) is 24.0. The lowest BCUT2D eigenvalue weighted by molar-refractivity contribution is -0.129. The molecule has 2 atom stereocenters. The fourth-order valence-electron chi connectivity index (χ4n) is 3.04. The molecule has 1 N–H and O–H groups in total. The summed E-state index contributed by atoms with van der Waals surface area (Å²) >= 11 is 0. The number of cyclic esters (lactones) is 1. The lowest BCUT2D eigenvalue weighted by atomic mass is 10.0. The van der Waals surface area contributed by atoms with E-state index in [1.807, 2.05) is 30.3 Å². The Morgan fingerprint density at radius 3 is 2.43 bits per heavy atom. The predicted octanol–water partition coefficient (Wildman–Crippen LogP) is 3.98. The van der Waals surface area contributed by atoms with Crippen LogP contribution >= 0.6 is 27.0 Å². The first-order valence-electron chi connectivity index (χ1n) is 8.53. The van der Waals surface area contributed by atoms with E-state index >= 15 is 0 Å². The zero-order valence-electron chi connectivity index (χ0n) is 15.2. The van der Waals surface area contributed by atoms with Gasteiger partial charge in [0, 0.05) is 6.42 Å². The normalized spacial score (nSPS) is 16.6. The molecule has 0 spiro atoms. The third-order valence-electron chi connectivity index (χ3n) is 4.45. The maximum Gasteiger partial charge on any atom is 0.417 e. The molecule has 28 heavy (non-hydrogen) atoms. The number of hydrogen-bond donors (Lipinski definition) is 1. The van der Waals surface area contributed by atoms with Gasteiger partial charge in [0.05, 0.1) is 6.10 Å². The van der Waals surface area contributed by atoms with Gasteiger partial charge in [-0.3, -0.25) is 4.79 Å². The van der Waals surface area contributed by atoms with Crippen LogP contribution in [-0.2, 0) is 9.53 Å². The third kappa shape index (κ3) is 5.73. The van der Waals surface area contributed by atoms with Gasteiger partial charge in [-0.2, -0.15) is 27.0 Å². The van der Waals surface area contributed by atoms with Gasteiger partial charge in [-0.25, -0.2) is 14.1 Å². The Labute approximate surface area is 177 Å². The fourth-order valence-corrected chi connectivity index (χ4v) is 3.04. The van der Waals surface area contributed by atoms with Crippen molar-refractivity contribution in [2.24, 2.45) is 0 Å². The van der Waals surface area contributed by atoms with Crippen LogP contribution in [0.4, 0.5) is 9.18 Å². The average Bonchev–Trinajstić information content (AvgIpc) is 3.04. The molecular formula is C20H24FNO4S2. The number of benzene rings is 2. The Bertz CT molecular complexity index is 774. The van der Waals surface area contributed by atoms with Gasteiger partial charge < -0.3 is 9.84 Å². The molecule has 0 aliphatic carbocycles. The van der Waals surface area contributed by atoms with Gasteiger partial charge in [-0.05, 0) is 36.1 Å². The Morgan fingerprint density at radius 2 is 1.79 bits per heavy atom. The highest BCUT2D eigenvalue weighted by molar-refractivity contribution is 7.59. The number of aliphatic hydroxyl groups is 1. The van der Waals surface area contributed by atoms with Gasteiger partial charge in [-0.15, -0.1) is 0 Å².